The molecule has 6 heteroatoms. The molecule has 5 nitrogen and oxygen atoms in total. The van der Waals surface area contributed by atoms with Crippen LogP contribution in [0.15, 0.2) is 15.5 Å². The van der Waals surface area contributed by atoms with Crippen LogP contribution in [0.4, 0.5) is 5.69 Å². The molecule has 0 saturated heterocycles. The summed E-state index contributed by atoms with van der Waals surface area (Å²) in [5, 5.41) is 7.43. The molecule has 0 aliphatic heterocycles. The van der Waals surface area contributed by atoms with E-state index in [0.29, 0.717) is 11.6 Å². The van der Waals surface area contributed by atoms with Crippen LogP contribution in [0, 0.1) is 5.92 Å². The maximum Gasteiger partial charge on any atom is 0.291 e. The SMILES string of the molecule is CCCOCCCNc1c(Br)cnn(CC2CCC2)c1=O. The van der Waals surface area contributed by atoms with Crippen molar-refractivity contribution in [2.24, 2.45) is 5.92 Å². The van der Waals surface area contributed by atoms with E-state index < -0.39 is 0 Å². The zero-order valence-corrected chi connectivity index (χ0v) is 14.2. The van der Waals surface area contributed by atoms with E-state index >= 15 is 0 Å². The fourth-order valence-corrected chi connectivity index (χ4v) is 2.71. The summed E-state index contributed by atoms with van der Waals surface area (Å²) in [6, 6.07) is 0. The topological polar surface area (TPSA) is 56.1 Å². The van der Waals surface area contributed by atoms with E-state index in [1.54, 1.807) is 10.9 Å². The molecule has 1 fully saturated rings. The van der Waals surface area contributed by atoms with Crippen molar-refractivity contribution in [2.75, 3.05) is 25.1 Å². The van der Waals surface area contributed by atoms with Gasteiger partial charge in [0.2, 0.25) is 0 Å². The van der Waals surface area contributed by atoms with E-state index in [1.165, 1.54) is 19.3 Å². The molecule has 0 spiro atoms. The van der Waals surface area contributed by atoms with Gasteiger partial charge in [0.05, 0.1) is 10.7 Å². The van der Waals surface area contributed by atoms with Gasteiger partial charge in [-0.1, -0.05) is 13.3 Å². The molecular weight excluding hydrogens is 334 g/mol. The monoisotopic (exact) mass is 357 g/mol. The Balaban J connectivity index is 1.88. The molecule has 1 aromatic heterocycles. The Morgan fingerprint density at radius 2 is 2.29 bits per heavy atom. The van der Waals surface area contributed by atoms with Gasteiger partial charge < -0.3 is 10.1 Å². The van der Waals surface area contributed by atoms with Crippen LogP contribution in [0.25, 0.3) is 0 Å². The summed E-state index contributed by atoms with van der Waals surface area (Å²) in [6.07, 6.45) is 7.32. The quantitative estimate of drug-likeness (QED) is 0.690. The highest BCUT2D eigenvalue weighted by atomic mass is 79.9. The molecule has 1 aliphatic rings. The number of rotatable bonds is 9. The molecule has 0 atom stereocenters. The van der Waals surface area contributed by atoms with Crippen LogP contribution in [0.5, 0.6) is 0 Å². The molecule has 1 heterocycles. The Morgan fingerprint density at radius 1 is 1.48 bits per heavy atom. The molecule has 0 unspecified atom stereocenters. The van der Waals surface area contributed by atoms with Gasteiger partial charge in [-0.05, 0) is 47.5 Å². The molecule has 1 aliphatic carbocycles. The molecule has 2 rings (SSSR count). The number of halogens is 1. The molecule has 0 amide bonds. The van der Waals surface area contributed by atoms with Crippen molar-refractivity contribution in [3.8, 4) is 0 Å². The van der Waals surface area contributed by atoms with Crippen molar-refractivity contribution < 1.29 is 4.74 Å². The third-order valence-corrected chi connectivity index (χ3v) is 4.37. The van der Waals surface area contributed by atoms with E-state index in [1.807, 2.05) is 0 Å². The molecule has 0 radical (unpaired) electrons. The molecule has 0 aromatic carbocycles. The lowest BCUT2D eigenvalue weighted by Gasteiger charge is -2.25. The molecule has 1 aromatic rings. The van der Waals surface area contributed by atoms with E-state index in [2.05, 4.69) is 33.3 Å². The fourth-order valence-electron chi connectivity index (χ4n) is 2.31. The van der Waals surface area contributed by atoms with Crippen LogP contribution in [0.3, 0.4) is 0 Å². The van der Waals surface area contributed by atoms with Gasteiger partial charge in [0.1, 0.15) is 5.69 Å². The smallest absolute Gasteiger partial charge is 0.291 e. The number of anilines is 1. The van der Waals surface area contributed by atoms with Gasteiger partial charge in [-0.2, -0.15) is 5.10 Å². The van der Waals surface area contributed by atoms with Crippen molar-refractivity contribution in [1.82, 2.24) is 9.78 Å². The van der Waals surface area contributed by atoms with Crippen LogP contribution in [0.1, 0.15) is 39.0 Å². The molecule has 1 saturated carbocycles. The highest BCUT2D eigenvalue weighted by Gasteiger charge is 2.20. The molecule has 1 N–H and O–H groups in total. The summed E-state index contributed by atoms with van der Waals surface area (Å²) >= 11 is 3.40. The van der Waals surface area contributed by atoms with E-state index in [-0.39, 0.29) is 5.56 Å². The van der Waals surface area contributed by atoms with Gasteiger partial charge >= 0.3 is 0 Å². The van der Waals surface area contributed by atoms with Gasteiger partial charge in [-0.3, -0.25) is 4.79 Å². The number of ether oxygens (including phenoxy) is 1. The number of aromatic nitrogens is 2. The zero-order valence-electron chi connectivity index (χ0n) is 12.6. The van der Waals surface area contributed by atoms with Crippen molar-refractivity contribution in [2.45, 2.75) is 45.6 Å². The number of nitrogens with zero attached hydrogens (tertiary/aromatic N) is 2. The lowest BCUT2D eigenvalue weighted by atomic mass is 9.85. The summed E-state index contributed by atoms with van der Waals surface area (Å²) in [7, 11) is 0. The van der Waals surface area contributed by atoms with E-state index in [0.717, 1.165) is 43.6 Å². The Bertz CT molecular complexity index is 500. The number of hydrogen-bond acceptors (Lipinski definition) is 4. The number of nitrogens with one attached hydrogen (secondary N) is 1. The minimum Gasteiger partial charge on any atom is -0.381 e. The van der Waals surface area contributed by atoms with Crippen LogP contribution >= 0.6 is 15.9 Å². The van der Waals surface area contributed by atoms with Crippen LogP contribution in [0.2, 0.25) is 0 Å². The van der Waals surface area contributed by atoms with Crippen molar-refractivity contribution in [3.05, 3.63) is 21.0 Å². The van der Waals surface area contributed by atoms with Gasteiger partial charge in [-0.15, -0.1) is 0 Å². The third-order valence-electron chi connectivity index (χ3n) is 3.77. The predicted molar refractivity (Wildman–Crippen MR) is 87.8 cm³/mol. The van der Waals surface area contributed by atoms with Gasteiger partial charge in [0.15, 0.2) is 0 Å². The normalized spacial score (nSPS) is 15.0. The van der Waals surface area contributed by atoms with Crippen molar-refractivity contribution in [3.63, 3.8) is 0 Å². The largest absolute Gasteiger partial charge is 0.381 e. The maximum absolute atomic E-state index is 12.4. The van der Waals surface area contributed by atoms with Gasteiger partial charge in [0.25, 0.3) is 5.56 Å². The van der Waals surface area contributed by atoms with Crippen molar-refractivity contribution in [1.29, 1.82) is 0 Å². The lowest BCUT2D eigenvalue weighted by molar-refractivity contribution is 0.134. The Hall–Kier alpha value is -0.880. The summed E-state index contributed by atoms with van der Waals surface area (Å²) < 4.78 is 7.75. The van der Waals surface area contributed by atoms with Crippen molar-refractivity contribution >= 4 is 21.6 Å². The summed E-state index contributed by atoms with van der Waals surface area (Å²) in [5.74, 6) is 0.617. The third kappa shape index (κ3) is 4.81. The first kappa shape index (κ1) is 16.5. The van der Waals surface area contributed by atoms with Crippen LogP contribution in [-0.4, -0.2) is 29.5 Å². The Morgan fingerprint density at radius 3 is 2.95 bits per heavy atom. The van der Waals surface area contributed by atoms with Gasteiger partial charge in [0, 0.05) is 26.3 Å². The zero-order chi connectivity index (χ0) is 15.1. The first-order valence-electron chi connectivity index (χ1n) is 7.79. The van der Waals surface area contributed by atoms with E-state index in [4.69, 9.17) is 4.74 Å². The lowest BCUT2D eigenvalue weighted by Crippen LogP contribution is -2.31. The highest BCUT2D eigenvalue weighted by molar-refractivity contribution is 9.10. The fraction of sp³-hybridized carbons (Fsp3) is 0.733. The highest BCUT2D eigenvalue weighted by Crippen LogP contribution is 2.27. The second-order valence-corrected chi connectivity index (χ2v) is 6.40. The second-order valence-electron chi connectivity index (χ2n) is 5.54. The average molecular weight is 358 g/mol. The Kier molecular flexibility index (Phi) is 6.70. The minimum atomic E-state index is -0.0363. The van der Waals surface area contributed by atoms with Crippen LogP contribution < -0.4 is 10.9 Å². The van der Waals surface area contributed by atoms with E-state index in [9.17, 15) is 4.79 Å². The molecule has 118 valence electrons. The van der Waals surface area contributed by atoms with Crippen LogP contribution in [-0.2, 0) is 11.3 Å². The first-order valence-corrected chi connectivity index (χ1v) is 8.59. The van der Waals surface area contributed by atoms with Gasteiger partial charge in [-0.25, -0.2) is 4.68 Å². The predicted octanol–water partition coefficient (Wildman–Crippen LogP) is 3.03. The second kappa shape index (κ2) is 8.54. The average Bonchev–Trinajstić information content (AvgIpc) is 2.43. The molecule has 0 bridgehead atoms. The summed E-state index contributed by atoms with van der Waals surface area (Å²) in [5.41, 5.74) is 0.575. The molecular formula is C15H24BrN3O2. The standard InChI is InChI=1S/C15H24BrN3O2/c1-2-8-21-9-4-7-17-14-13(16)10-18-19(15(14)20)11-12-5-3-6-12/h10,12,17H,2-9,11H2,1H3. The Labute approximate surface area is 134 Å². The summed E-state index contributed by atoms with van der Waals surface area (Å²) in [6.45, 7) is 5.08. The minimum absolute atomic E-state index is 0.0363. The molecule has 21 heavy (non-hydrogen) atoms. The first-order chi connectivity index (χ1) is 10.2. The maximum atomic E-state index is 12.4. The summed E-state index contributed by atoms with van der Waals surface area (Å²) in [4.78, 5) is 12.4. The number of hydrogen-bond donors (Lipinski definition) is 1.